The molecule has 0 aliphatic rings. The highest BCUT2D eigenvalue weighted by Crippen LogP contribution is 2.36. The molecule has 0 saturated heterocycles. The van der Waals surface area contributed by atoms with E-state index in [4.69, 9.17) is 9.47 Å². The molecule has 1 aromatic heterocycles. The minimum Gasteiger partial charge on any atom is -0.495 e. The number of anilines is 1. The molecular weight excluding hydrogens is 518 g/mol. The summed E-state index contributed by atoms with van der Waals surface area (Å²) in [5.74, 6) is 0.416. The molecule has 208 valence electrons. The number of hydrogen-bond donors (Lipinski definition) is 1. The fraction of sp³-hybridized carbons (Fsp3) is 0.188. The molecule has 5 rings (SSSR count). The summed E-state index contributed by atoms with van der Waals surface area (Å²) in [7, 11) is 1.54. The van der Waals surface area contributed by atoms with E-state index in [2.05, 4.69) is 15.6 Å². The van der Waals surface area contributed by atoms with Crippen LogP contribution >= 0.6 is 0 Å². The Labute approximate surface area is 238 Å². The Morgan fingerprint density at radius 1 is 0.902 bits per heavy atom. The molecule has 0 fully saturated rings. The van der Waals surface area contributed by atoms with Gasteiger partial charge in [-0.1, -0.05) is 71.9 Å². The predicted molar refractivity (Wildman–Crippen MR) is 157 cm³/mol. The summed E-state index contributed by atoms with van der Waals surface area (Å²) >= 11 is 0. The molecule has 0 aliphatic heterocycles. The number of hydrogen-bond acceptors (Lipinski definition) is 6. The predicted octanol–water partition coefficient (Wildman–Crippen LogP) is 4.93. The Kier molecular flexibility index (Phi) is 8.54. The topological polar surface area (TPSA) is 98.6 Å². The Bertz CT molecular complexity index is 1620. The third-order valence-electron chi connectivity index (χ3n) is 6.64. The highest BCUT2D eigenvalue weighted by molar-refractivity contribution is 6.02. The number of nitrogens with one attached hydrogen (secondary N) is 1. The van der Waals surface area contributed by atoms with Gasteiger partial charge in [0.2, 0.25) is 11.8 Å². The van der Waals surface area contributed by atoms with Gasteiger partial charge in [0.1, 0.15) is 29.6 Å². The normalized spacial score (nSPS) is 11.6. The Hall–Kier alpha value is -5.18. The third kappa shape index (κ3) is 6.19. The Morgan fingerprint density at radius 3 is 2.37 bits per heavy atom. The van der Waals surface area contributed by atoms with Gasteiger partial charge in [-0.2, -0.15) is 0 Å². The van der Waals surface area contributed by atoms with E-state index in [9.17, 15) is 9.59 Å². The van der Waals surface area contributed by atoms with Crippen LogP contribution in [0, 0.1) is 0 Å². The van der Waals surface area contributed by atoms with Crippen LogP contribution in [0.4, 0.5) is 5.69 Å². The highest BCUT2D eigenvalue weighted by atomic mass is 16.5. The lowest BCUT2D eigenvalue weighted by Crippen LogP contribution is -2.45. The average molecular weight is 550 g/mol. The van der Waals surface area contributed by atoms with Crippen molar-refractivity contribution < 1.29 is 19.1 Å². The molecule has 9 heteroatoms. The lowest BCUT2D eigenvalue weighted by Gasteiger charge is -2.32. The van der Waals surface area contributed by atoms with Crippen molar-refractivity contribution in [2.45, 2.75) is 26.1 Å². The van der Waals surface area contributed by atoms with Crippen LogP contribution in [0.1, 0.15) is 24.1 Å². The van der Waals surface area contributed by atoms with E-state index in [1.165, 1.54) is 16.7 Å². The Morgan fingerprint density at radius 2 is 1.61 bits per heavy atom. The summed E-state index contributed by atoms with van der Waals surface area (Å²) in [4.78, 5) is 29.8. The second-order valence-corrected chi connectivity index (χ2v) is 9.28. The smallest absolute Gasteiger partial charge is 0.249 e. The van der Waals surface area contributed by atoms with E-state index in [0.29, 0.717) is 46.9 Å². The first-order valence-corrected chi connectivity index (χ1v) is 13.4. The fourth-order valence-corrected chi connectivity index (χ4v) is 4.70. The summed E-state index contributed by atoms with van der Waals surface area (Å²) in [6.07, 6.45) is 0. The van der Waals surface area contributed by atoms with E-state index in [0.717, 1.165) is 5.56 Å². The fourth-order valence-electron chi connectivity index (χ4n) is 4.70. The second-order valence-electron chi connectivity index (χ2n) is 9.28. The molecule has 0 aliphatic carbocycles. The van der Waals surface area contributed by atoms with Crippen molar-refractivity contribution in [3.8, 4) is 11.5 Å². The summed E-state index contributed by atoms with van der Waals surface area (Å²) in [5, 5.41) is 11.4. The van der Waals surface area contributed by atoms with Crippen LogP contribution in [-0.4, -0.2) is 40.5 Å². The standard InChI is InChI=1S/C32H31N5O4/c1-3-41-25-19-17-24(18-20-25)31(32(39)33-21-23-11-5-4-6-12-23)37(28-15-9-10-16-29(28)40-2)30(38)22-36-27-14-8-7-13-26(27)34-35-36/h4-20,31H,3,21-22H2,1-2H3,(H,33,39)/t31-/m1/s1. The van der Waals surface area contributed by atoms with Gasteiger partial charge in [0.15, 0.2) is 0 Å². The molecule has 4 aromatic carbocycles. The zero-order valence-corrected chi connectivity index (χ0v) is 22.9. The first-order chi connectivity index (χ1) is 20.1. The molecule has 9 nitrogen and oxygen atoms in total. The maximum atomic E-state index is 14.3. The van der Waals surface area contributed by atoms with Crippen molar-refractivity contribution in [3.63, 3.8) is 0 Å². The molecule has 0 bridgehead atoms. The largest absolute Gasteiger partial charge is 0.495 e. The van der Waals surface area contributed by atoms with Gasteiger partial charge >= 0.3 is 0 Å². The number of nitrogens with zero attached hydrogens (tertiary/aromatic N) is 4. The van der Waals surface area contributed by atoms with Crippen molar-refractivity contribution in [1.29, 1.82) is 0 Å². The molecule has 41 heavy (non-hydrogen) atoms. The zero-order chi connectivity index (χ0) is 28.6. The van der Waals surface area contributed by atoms with E-state index < -0.39 is 6.04 Å². The van der Waals surface area contributed by atoms with Gasteiger partial charge in [-0.15, -0.1) is 5.10 Å². The van der Waals surface area contributed by atoms with Crippen LogP contribution in [0.25, 0.3) is 11.0 Å². The van der Waals surface area contributed by atoms with E-state index >= 15 is 0 Å². The van der Waals surface area contributed by atoms with Crippen molar-refractivity contribution >= 4 is 28.5 Å². The molecule has 1 N–H and O–H groups in total. The maximum absolute atomic E-state index is 14.3. The first kappa shape index (κ1) is 27.4. The first-order valence-electron chi connectivity index (χ1n) is 13.4. The molecule has 0 unspecified atom stereocenters. The zero-order valence-electron chi connectivity index (χ0n) is 22.9. The minimum atomic E-state index is -1.02. The number of methoxy groups -OCH3 is 1. The molecule has 1 atom stereocenters. The van der Waals surface area contributed by atoms with E-state index in [-0.39, 0.29) is 18.4 Å². The molecule has 0 radical (unpaired) electrons. The molecule has 0 spiro atoms. The van der Waals surface area contributed by atoms with Gasteiger partial charge in [-0.3, -0.25) is 14.5 Å². The van der Waals surface area contributed by atoms with Gasteiger partial charge in [0.25, 0.3) is 0 Å². The lowest BCUT2D eigenvalue weighted by molar-refractivity contribution is -0.127. The molecule has 2 amide bonds. The lowest BCUT2D eigenvalue weighted by atomic mass is 10.0. The third-order valence-corrected chi connectivity index (χ3v) is 6.64. The number of para-hydroxylation sites is 3. The number of carbonyl (C=O) groups excluding carboxylic acids is 2. The van der Waals surface area contributed by atoms with Crippen molar-refractivity contribution in [2.75, 3.05) is 18.6 Å². The van der Waals surface area contributed by atoms with Crippen LogP contribution in [0.2, 0.25) is 0 Å². The molecule has 5 aromatic rings. The molecule has 1 heterocycles. The number of aromatic nitrogens is 3. The van der Waals surface area contributed by atoms with Crippen molar-refractivity contribution in [2.24, 2.45) is 0 Å². The maximum Gasteiger partial charge on any atom is 0.249 e. The summed E-state index contributed by atoms with van der Waals surface area (Å²) < 4.78 is 12.8. The highest BCUT2D eigenvalue weighted by Gasteiger charge is 2.35. The van der Waals surface area contributed by atoms with Crippen LogP contribution < -0.4 is 19.7 Å². The van der Waals surface area contributed by atoms with Gasteiger partial charge in [-0.25, -0.2) is 4.68 Å². The second kappa shape index (κ2) is 12.8. The Balaban J connectivity index is 1.58. The van der Waals surface area contributed by atoms with Crippen LogP contribution in [-0.2, 0) is 22.7 Å². The average Bonchev–Trinajstić information content (AvgIpc) is 3.42. The van der Waals surface area contributed by atoms with Gasteiger partial charge in [-0.05, 0) is 54.4 Å². The van der Waals surface area contributed by atoms with E-state index in [1.54, 1.807) is 42.5 Å². The number of fused-ring (bicyclic) bond motifs is 1. The number of ether oxygens (including phenoxy) is 2. The SMILES string of the molecule is CCOc1ccc([C@H](C(=O)NCc2ccccc2)N(C(=O)Cn2nnc3ccccc32)c2ccccc2OC)cc1. The van der Waals surface area contributed by atoms with Crippen LogP contribution in [0.5, 0.6) is 11.5 Å². The summed E-state index contributed by atoms with van der Waals surface area (Å²) in [6.45, 7) is 2.58. The van der Waals surface area contributed by atoms with Gasteiger partial charge < -0.3 is 14.8 Å². The van der Waals surface area contributed by atoms with Crippen molar-refractivity contribution in [1.82, 2.24) is 20.3 Å². The molecule has 0 saturated carbocycles. The number of rotatable bonds is 11. The van der Waals surface area contributed by atoms with Gasteiger partial charge in [0.05, 0.1) is 24.9 Å². The molecular formula is C32H31N5O4. The number of carbonyl (C=O) groups is 2. The van der Waals surface area contributed by atoms with Crippen LogP contribution in [0.3, 0.4) is 0 Å². The number of amides is 2. The quantitative estimate of drug-likeness (QED) is 0.251. The van der Waals surface area contributed by atoms with E-state index in [1.807, 2.05) is 67.6 Å². The number of benzene rings is 4. The summed E-state index contributed by atoms with van der Waals surface area (Å²) in [6, 6.07) is 30.4. The van der Waals surface area contributed by atoms with Gasteiger partial charge in [0, 0.05) is 6.54 Å². The van der Waals surface area contributed by atoms with Crippen LogP contribution in [0.15, 0.2) is 103 Å². The van der Waals surface area contributed by atoms with Crippen molar-refractivity contribution in [3.05, 3.63) is 114 Å². The monoisotopic (exact) mass is 549 g/mol. The summed E-state index contributed by atoms with van der Waals surface area (Å²) in [5.41, 5.74) is 3.40. The minimum absolute atomic E-state index is 0.141.